The van der Waals surface area contributed by atoms with Crippen molar-refractivity contribution in [1.29, 1.82) is 0 Å². The van der Waals surface area contributed by atoms with E-state index in [9.17, 15) is 14.4 Å². The van der Waals surface area contributed by atoms with Crippen molar-refractivity contribution in [2.45, 2.75) is 26.3 Å². The minimum absolute atomic E-state index is 0.100. The molecule has 0 fully saturated rings. The quantitative estimate of drug-likeness (QED) is 0.659. The van der Waals surface area contributed by atoms with Crippen LogP contribution in [0.2, 0.25) is 0 Å². The molecule has 8 heteroatoms. The second-order valence-electron chi connectivity index (χ2n) is 7.24. The number of hydrogen-bond acceptors (Lipinski definition) is 4. The van der Waals surface area contributed by atoms with E-state index in [1.54, 1.807) is 36.0 Å². The molecule has 2 aromatic carbocycles. The molecule has 3 rings (SSSR count). The van der Waals surface area contributed by atoms with Crippen molar-refractivity contribution in [3.8, 4) is 0 Å². The molecular weight excluding hydrogens is 400 g/mol. The number of carbonyl (C=O) groups excluding carboxylic acids is 3. The van der Waals surface area contributed by atoms with Gasteiger partial charge in [-0.3, -0.25) is 14.5 Å². The van der Waals surface area contributed by atoms with Crippen LogP contribution in [0.4, 0.5) is 21.9 Å². The lowest BCUT2D eigenvalue weighted by Gasteiger charge is -2.30. The van der Waals surface area contributed by atoms with Crippen LogP contribution in [0.1, 0.15) is 17.5 Å². The van der Waals surface area contributed by atoms with E-state index in [1.807, 2.05) is 38.3 Å². The number of nitrogens with zero attached hydrogens (tertiary/aromatic N) is 1. The van der Waals surface area contributed by atoms with Gasteiger partial charge in [0.25, 0.3) is 0 Å². The summed E-state index contributed by atoms with van der Waals surface area (Å²) in [5.74, 6) is 0.160. The highest BCUT2D eigenvalue weighted by Gasteiger charge is 2.29. The Bertz CT molecular complexity index is 963. The van der Waals surface area contributed by atoms with Crippen LogP contribution < -0.4 is 20.9 Å². The average molecular weight is 427 g/mol. The highest BCUT2D eigenvalue weighted by molar-refractivity contribution is 7.98. The van der Waals surface area contributed by atoms with Crippen LogP contribution in [0.15, 0.2) is 42.5 Å². The van der Waals surface area contributed by atoms with E-state index in [0.29, 0.717) is 23.5 Å². The number of fused-ring (bicyclic) bond motifs is 1. The molecule has 0 saturated carbocycles. The number of para-hydroxylation sites is 2. The van der Waals surface area contributed by atoms with Gasteiger partial charge in [-0.25, -0.2) is 4.79 Å². The Morgan fingerprint density at radius 2 is 1.97 bits per heavy atom. The van der Waals surface area contributed by atoms with Gasteiger partial charge in [0.15, 0.2) is 0 Å². The third-order valence-electron chi connectivity index (χ3n) is 4.89. The average Bonchev–Trinajstić information content (AvgIpc) is 2.72. The molecule has 0 radical (unpaired) electrons. The smallest absolute Gasteiger partial charge is 0.323 e. The minimum atomic E-state index is -0.720. The van der Waals surface area contributed by atoms with Gasteiger partial charge >= 0.3 is 6.03 Å². The van der Waals surface area contributed by atoms with Crippen molar-refractivity contribution < 1.29 is 14.4 Å². The number of benzene rings is 2. The lowest BCUT2D eigenvalue weighted by molar-refractivity contribution is -0.118. The SMILES string of the molecule is CSCC[C@H](NC(=O)N1CC(=O)Nc2ccccc21)C(=O)Nc1cc(C)ccc1C. The third-order valence-corrected chi connectivity index (χ3v) is 5.54. The highest BCUT2D eigenvalue weighted by atomic mass is 32.2. The number of nitrogens with one attached hydrogen (secondary N) is 3. The first-order valence-corrected chi connectivity index (χ1v) is 11.1. The predicted molar refractivity (Wildman–Crippen MR) is 122 cm³/mol. The summed E-state index contributed by atoms with van der Waals surface area (Å²) >= 11 is 1.60. The Balaban J connectivity index is 1.77. The van der Waals surface area contributed by atoms with E-state index in [4.69, 9.17) is 0 Å². The molecule has 0 aliphatic carbocycles. The van der Waals surface area contributed by atoms with E-state index in [0.717, 1.165) is 16.8 Å². The summed E-state index contributed by atoms with van der Waals surface area (Å²) in [6, 6.07) is 11.7. The standard InChI is InChI=1S/C22H26N4O3S/c1-14-8-9-15(2)18(12-14)24-21(28)17(10-11-30-3)25-22(29)26-13-20(27)23-16-6-4-5-7-19(16)26/h4-9,12,17H,10-11,13H2,1-3H3,(H,23,27)(H,24,28)(H,25,29)/t17-/m0/s1. The number of carbonyl (C=O) groups is 3. The largest absolute Gasteiger partial charge is 0.326 e. The molecular formula is C22H26N4O3S. The van der Waals surface area contributed by atoms with Crippen LogP contribution in [-0.2, 0) is 9.59 Å². The Labute approximate surface area is 180 Å². The van der Waals surface area contributed by atoms with Gasteiger partial charge in [0, 0.05) is 5.69 Å². The van der Waals surface area contributed by atoms with Crippen molar-refractivity contribution >= 4 is 46.7 Å². The van der Waals surface area contributed by atoms with E-state index >= 15 is 0 Å². The molecule has 1 heterocycles. The Morgan fingerprint density at radius 1 is 1.20 bits per heavy atom. The van der Waals surface area contributed by atoms with Crippen molar-refractivity contribution in [3.63, 3.8) is 0 Å². The first-order chi connectivity index (χ1) is 14.4. The zero-order valence-electron chi connectivity index (χ0n) is 17.3. The zero-order valence-corrected chi connectivity index (χ0v) is 18.1. The molecule has 1 atom stereocenters. The van der Waals surface area contributed by atoms with Gasteiger partial charge in [-0.05, 0) is 61.6 Å². The van der Waals surface area contributed by atoms with Crippen molar-refractivity contribution in [2.75, 3.05) is 34.1 Å². The first kappa shape index (κ1) is 21.7. The van der Waals surface area contributed by atoms with E-state index in [-0.39, 0.29) is 18.4 Å². The van der Waals surface area contributed by atoms with Crippen molar-refractivity contribution in [2.24, 2.45) is 0 Å². The normalized spacial score (nSPS) is 13.8. The van der Waals surface area contributed by atoms with E-state index in [1.165, 1.54) is 4.90 Å². The fraction of sp³-hybridized carbons (Fsp3) is 0.318. The molecule has 4 amide bonds. The number of amides is 4. The summed E-state index contributed by atoms with van der Waals surface area (Å²) in [5.41, 5.74) is 3.89. The predicted octanol–water partition coefficient (Wildman–Crippen LogP) is 3.53. The van der Waals surface area contributed by atoms with Gasteiger partial charge < -0.3 is 16.0 Å². The van der Waals surface area contributed by atoms with Gasteiger partial charge in [-0.2, -0.15) is 11.8 Å². The Hall–Kier alpha value is -3.00. The van der Waals surface area contributed by atoms with Gasteiger partial charge in [0.1, 0.15) is 12.6 Å². The number of urea groups is 1. The van der Waals surface area contributed by atoms with Gasteiger partial charge in [0.05, 0.1) is 11.4 Å². The molecule has 158 valence electrons. The molecule has 0 spiro atoms. The number of hydrogen-bond donors (Lipinski definition) is 3. The lowest BCUT2D eigenvalue weighted by Crippen LogP contribution is -2.53. The molecule has 0 saturated heterocycles. The fourth-order valence-electron chi connectivity index (χ4n) is 3.24. The summed E-state index contributed by atoms with van der Waals surface area (Å²) < 4.78 is 0. The van der Waals surface area contributed by atoms with Gasteiger partial charge in [-0.15, -0.1) is 0 Å². The fourth-order valence-corrected chi connectivity index (χ4v) is 3.71. The minimum Gasteiger partial charge on any atom is -0.326 e. The molecule has 0 aromatic heterocycles. The highest BCUT2D eigenvalue weighted by Crippen LogP contribution is 2.29. The first-order valence-electron chi connectivity index (χ1n) is 9.73. The maximum Gasteiger partial charge on any atom is 0.323 e. The second-order valence-corrected chi connectivity index (χ2v) is 8.23. The molecule has 3 N–H and O–H groups in total. The summed E-state index contributed by atoms with van der Waals surface area (Å²) in [6.45, 7) is 3.78. The van der Waals surface area contributed by atoms with Crippen LogP contribution in [0, 0.1) is 13.8 Å². The summed E-state index contributed by atoms with van der Waals surface area (Å²) in [7, 11) is 0. The summed E-state index contributed by atoms with van der Waals surface area (Å²) in [5, 5.41) is 8.51. The number of rotatable bonds is 6. The van der Waals surface area contributed by atoms with Crippen LogP contribution in [0.25, 0.3) is 0 Å². The van der Waals surface area contributed by atoms with Crippen LogP contribution in [0.5, 0.6) is 0 Å². The number of thioether (sulfide) groups is 1. The van der Waals surface area contributed by atoms with E-state index < -0.39 is 12.1 Å². The molecule has 1 aliphatic rings. The molecule has 1 aliphatic heterocycles. The second kappa shape index (κ2) is 9.67. The summed E-state index contributed by atoms with van der Waals surface area (Å²) in [6.07, 6.45) is 2.43. The van der Waals surface area contributed by atoms with Crippen molar-refractivity contribution in [3.05, 3.63) is 53.6 Å². The molecule has 0 bridgehead atoms. The van der Waals surface area contributed by atoms with Crippen LogP contribution in [-0.4, -0.2) is 42.4 Å². The zero-order chi connectivity index (χ0) is 21.7. The van der Waals surface area contributed by atoms with Gasteiger partial charge in [0.2, 0.25) is 11.8 Å². The van der Waals surface area contributed by atoms with E-state index in [2.05, 4.69) is 16.0 Å². The maximum atomic E-state index is 13.0. The number of anilines is 3. The Kier molecular flexibility index (Phi) is 6.99. The molecule has 30 heavy (non-hydrogen) atoms. The van der Waals surface area contributed by atoms with Crippen LogP contribution >= 0.6 is 11.8 Å². The lowest BCUT2D eigenvalue weighted by atomic mass is 10.1. The van der Waals surface area contributed by atoms with Crippen LogP contribution in [0.3, 0.4) is 0 Å². The topological polar surface area (TPSA) is 90.5 Å². The molecule has 7 nitrogen and oxygen atoms in total. The third kappa shape index (κ3) is 5.13. The summed E-state index contributed by atoms with van der Waals surface area (Å²) in [4.78, 5) is 39.4. The Morgan fingerprint density at radius 3 is 2.73 bits per heavy atom. The number of aryl methyl sites for hydroxylation is 2. The monoisotopic (exact) mass is 426 g/mol. The maximum absolute atomic E-state index is 13.0. The molecule has 2 aromatic rings. The van der Waals surface area contributed by atoms with Crippen molar-refractivity contribution in [1.82, 2.24) is 5.32 Å². The van der Waals surface area contributed by atoms with Gasteiger partial charge in [-0.1, -0.05) is 24.3 Å². The molecule has 0 unspecified atom stereocenters.